The van der Waals surface area contributed by atoms with Crippen molar-refractivity contribution >= 4 is 11.9 Å². The van der Waals surface area contributed by atoms with Crippen molar-refractivity contribution in [1.82, 2.24) is 4.90 Å². The highest BCUT2D eigenvalue weighted by atomic mass is 16.2. The minimum absolute atomic E-state index is 0.121. The molecular weight excluding hydrogens is 226 g/mol. The third-order valence-electron chi connectivity index (χ3n) is 4.55. The van der Waals surface area contributed by atoms with Gasteiger partial charge in [0.15, 0.2) is 0 Å². The van der Waals surface area contributed by atoms with Gasteiger partial charge in [-0.05, 0) is 37.5 Å². The second-order valence-electron chi connectivity index (χ2n) is 5.94. The SMILES string of the molecule is CCC(C)CC1(CC)C(N)=NC(=O)N1CC1CC1. The van der Waals surface area contributed by atoms with Crippen LogP contribution in [0.4, 0.5) is 4.79 Å². The molecule has 2 unspecified atom stereocenters. The number of carbonyl (C=O) groups is 1. The first-order valence-corrected chi connectivity index (χ1v) is 7.19. The van der Waals surface area contributed by atoms with E-state index in [9.17, 15) is 4.79 Å². The van der Waals surface area contributed by atoms with Crippen LogP contribution in [0.15, 0.2) is 4.99 Å². The lowest BCUT2D eigenvalue weighted by atomic mass is 9.82. The Bertz CT molecular complexity index is 362. The molecule has 102 valence electrons. The highest BCUT2D eigenvalue weighted by Crippen LogP contribution is 2.38. The first kappa shape index (κ1) is 13.4. The Hall–Kier alpha value is -1.06. The van der Waals surface area contributed by atoms with Crippen LogP contribution in [0.5, 0.6) is 0 Å². The molecule has 2 N–H and O–H groups in total. The molecule has 2 aliphatic rings. The molecule has 0 saturated heterocycles. The lowest BCUT2D eigenvalue weighted by Crippen LogP contribution is -2.55. The maximum atomic E-state index is 12.1. The third kappa shape index (κ3) is 2.25. The normalized spacial score (nSPS) is 29.6. The van der Waals surface area contributed by atoms with E-state index in [1.807, 2.05) is 4.90 Å². The Morgan fingerprint density at radius 1 is 1.50 bits per heavy atom. The number of aliphatic imine (C=N–C) groups is 1. The number of hydrogen-bond acceptors (Lipinski definition) is 2. The highest BCUT2D eigenvalue weighted by molar-refractivity contribution is 6.05. The van der Waals surface area contributed by atoms with Gasteiger partial charge in [0.25, 0.3) is 0 Å². The number of urea groups is 1. The van der Waals surface area contributed by atoms with Gasteiger partial charge in [-0.2, -0.15) is 4.99 Å². The number of amidine groups is 1. The van der Waals surface area contributed by atoms with Crippen molar-refractivity contribution in [2.75, 3.05) is 6.54 Å². The van der Waals surface area contributed by atoms with Crippen LogP contribution >= 0.6 is 0 Å². The lowest BCUT2D eigenvalue weighted by molar-refractivity contribution is 0.145. The van der Waals surface area contributed by atoms with Crippen LogP contribution in [0, 0.1) is 11.8 Å². The molecule has 1 saturated carbocycles. The van der Waals surface area contributed by atoms with Crippen LogP contribution in [0.3, 0.4) is 0 Å². The van der Waals surface area contributed by atoms with Crippen LogP contribution in [0.2, 0.25) is 0 Å². The zero-order valence-corrected chi connectivity index (χ0v) is 11.8. The summed E-state index contributed by atoms with van der Waals surface area (Å²) in [5.74, 6) is 1.78. The van der Waals surface area contributed by atoms with Crippen molar-refractivity contribution < 1.29 is 4.79 Å². The van der Waals surface area contributed by atoms with Crippen molar-refractivity contribution in [3.05, 3.63) is 0 Å². The van der Waals surface area contributed by atoms with Crippen molar-refractivity contribution in [3.63, 3.8) is 0 Å². The number of amides is 2. The van der Waals surface area contributed by atoms with E-state index < -0.39 is 0 Å². The van der Waals surface area contributed by atoms with Crippen LogP contribution in [-0.4, -0.2) is 28.9 Å². The summed E-state index contributed by atoms with van der Waals surface area (Å²) in [6.45, 7) is 7.36. The number of rotatable bonds is 6. The molecule has 0 aromatic carbocycles. The lowest BCUT2D eigenvalue weighted by Gasteiger charge is -2.39. The highest BCUT2D eigenvalue weighted by Gasteiger charge is 2.48. The third-order valence-corrected chi connectivity index (χ3v) is 4.55. The molecule has 2 atom stereocenters. The summed E-state index contributed by atoms with van der Waals surface area (Å²) in [6, 6.07) is -0.121. The number of nitrogens with two attached hydrogens (primary N) is 1. The number of carbonyl (C=O) groups excluding carboxylic acids is 1. The van der Waals surface area contributed by atoms with E-state index in [1.165, 1.54) is 12.8 Å². The molecule has 2 amide bonds. The monoisotopic (exact) mass is 251 g/mol. The van der Waals surface area contributed by atoms with Gasteiger partial charge in [0.05, 0.1) is 0 Å². The first-order valence-electron chi connectivity index (χ1n) is 7.19. The Morgan fingerprint density at radius 2 is 2.17 bits per heavy atom. The van der Waals surface area contributed by atoms with E-state index in [-0.39, 0.29) is 11.6 Å². The fraction of sp³-hybridized carbons (Fsp3) is 0.857. The van der Waals surface area contributed by atoms with Gasteiger partial charge in [0.2, 0.25) is 0 Å². The molecule has 0 spiro atoms. The van der Waals surface area contributed by atoms with E-state index >= 15 is 0 Å². The summed E-state index contributed by atoms with van der Waals surface area (Å²) in [5.41, 5.74) is 5.78. The molecule has 0 aromatic rings. The average molecular weight is 251 g/mol. The van der Waals surface area contributed by atoms with Crippen molar-refractivity contribution in [1.29, 1.82) is 0 Å². The van der Waals surface area contributed by atoms with Gasteiger partial charge in [0.1, 0.15) is 11.4 Å². The predicted molar refractivity (Wildman–Crippen MR) is 73.5 cm³/mol. The standard InChI is InChI=1S/C14H25N3O/c1-4-10(3)8-14(5-2)12(15)16-13(18)17(14)9-11-6-7-11/h10-11H,4-9H2,1-3H3,(H2,15,16,18). The van der Waals surface area contributed by atoms with Gasteiger partial charge in [-0.3, -0.25) is 0 Å². The van der Waals surface area contributed by atoms with Crippen molar-refractivity contribution in [2.24, 2.45) is 22.6 Å². The zero-order valence-electron chi connectivity index (χ0n) is 11.8. The molecule has 1 aliphatic heterocycles. The smallest absolute Gasteiger partial charge is 0.346 e. The van der Waals surface area contributed by atoms with Crippen molar-refractivity contribution in [2.45, 2.75) is 58.4 Å². The molecular formula is C14H25N3O. The summed E-state index contributed by atoms with van der Waals surface area (Å²) in [6.07, 6.45) is 5.40. The van der Waals surface area contributed by atoms with E-state index in [1.54, 1.807) is 0 Å². The van der Waals surface area contributed by atoms with Gasteiger partial charge in [-0.15, -0.1) is 0 Å². The topological polar surface area (TPSA) is 58.7 Å². The second-order valence-corrected chi connectivity index (χ2v) is 5.94. The van der Waals surface area contributed by atoms with Gasteiger partial charge in [0, 0.05) is 6.54 Å². The summed E-state index contributed by atoms with van der Waals surface area (Å²) in [4.78, 5) is 18.0. The molecule has 1 heterocycles. The molecule has 0 radical (unpaired) electrons. The van der Waals surface area contributed by atoms with E-state index in [2.05, 4.69) is 25.8 Å². The molecule has 4 heteroatoms. The van der Waals surface area contributed by atoms with Gasteiger partial charge in [-0.1, -0.05) is 27.2 Å². The molecule has 2 rings (SSSR count). The minimum atomic E-state index is -0.310. The summed E-state index contributed by atoms with van der Waals surface area (Å²) in [5, 5.41) is 0. The van der Waals surface area contributed by atoms with E-state index in [0.717, 1.165) is 25.8 Å². The second kappa shape index (κ2) is 4.90. The molecule has 0 bridgehead atoms. The fourth-order valence-corrected chi connectivity index (χ4v) is 2.85. The molecule has 0 aromatic heterocycles. The van der Waals surface area contributed by atoms with Crippen LogP contribution in [-0.2, 0) is 0 Å². The van der Waals surface area contributed by atoms with Gasteiger partial charge >= 0.3 is 6.03 Å². The number of nitrogens with zero attached hydrogens (tertiary/aromatic N) is 2. The predicted octanol–water partition coefficient (Wildman–Crippen LogP) is 2.77. The fourth-order valence-electron chi connectivity index (χ4n) is 2.85. The quantitative estimate of drug-likeness (QED) is 0.789. The minimum Gasteiger partial charge on any atom is -0.385 e. The van der Waals surface area contributed by atoms with E-state index in [4.69, 9.17) is 5.73 Å². The Labute approximate surface area is 110 Å². The Balaban J connectivity index is 2.21. The number of hydrogen-bond donors (Lipinski definition) is 1. The molecule has 4 nitrogen and oxygen atoms in total. The maximum Gasteiger partial charge on any atom is 0.346 e. The van der Waals surface area contributed by atoms with Crippen LogP contribution in [0.25, 0.3) is 0 Å². The Kier molecular flexibility index (Phi) is 3.64. The summed E-state index contributed by atoms with van der Waals surface area (Å²) < 4.78 is 0. The summed E-state index contributed by atoms with van der Waals surface area (Å²) >= 11 is 0. The summed E-state index contributed by atoms with van der Waals surface area (Å²) in [7, 11) is 0. The Morgan fingerprint density at radius 3 is 2.67 bits per heavy atom. The molecule has 1 fully saturated rings. The van der Waals surface area contributed by atoms with Gasteiger partial charge in [-0.25, -0.2) is 4.79 Å². The maximum absolute atomic E-state index is 12.1. The van der Waals surface area contributed by atoms with E-state index in [0.29, 0.717) is 17.7 Å². The zero-order chi connectivity index (χ0) is 13.3. The largest absolute Gasteiger partial charge is 0.385 e. The first-order chi connectivity index (χ1) is 8.53. The van der Waals surface area contributed by atoms with Crippen LogP contribution < -0.4 is 5.73 Å². The van der Waals surface area contributed by atoms with Crippen molar-refractivity contribution in [3.8, 4) is 0 Å². The molecule has 1 aliphatic carbocycles. The van der Waals surface area contributed by atoms with Crippen LogP contribution in [0.1, 0.15) is 52.9 Å². The molecule has 18 heavy (non-hydrogen) atoms. The average Bonchev–Trinajstić information content (AvgIpc) is 3.12. The van der Waals surface area contributed by atoms with Gasteiger partial charge < -0.3 is 10.6 Å².